The lowest BCUT2D eigenvalue weighted by molar-refractivity contribution is -0.0216. The first-order valence-electron chi connectivity index (χ1n) is 11.4. The highest BCUT2D eigenvalue weighted by atomic mass is 16.5. The van der Waals surface area contributed by atoms with E-state index in [2.05, 4.69) is 40.7 Å². The van der Waals surface area contributed by atoms with E-state index in [9.17, 15) is 10.2 Å². The summed E-state index contributed by atoms with van der Waals surface area (Å²) in [5.74, 6) is 1.13. The summed E-state index contributed by atoms with van der Waals surface area (Å²) in [6.07, 6.45) is 12.9. The quantitative estimate of drug-likeness (QED) is 0.563. The molecule has 28 heavy (non-hydrogen) atoms. The SMILES string of the molecule is CCCCCCC(C)(C)C1=CC(O)C2=C3CC[C@@H](O)CC[C@@H]3C(C)(C)OC2=C1. The van der Waals surface area contributed by atoms with Crippen molar-refractivity contribution in [1.82, 2.24) is 0 Å². The largest absolute Gasteiger partial charge is 0.487 e. The predicted molar refractivity (Wildman–Crippen MR) is 115 cm³/mol. The minimum atomic E-state index is -0.603. The van der Waals surface area contributed by atoms with Crippen LogP contribution in [0.15, 0.2) is 34.6 Å². The highest BCUT2D eigenvalue weighted by Gasteiger charge is 2.45. The molecule has 2 aliphatic carbocycles. The summed E-state index contributed by atoms with van der Waals surface area (Å²) in [6, 6.07) is 0. The normalized spacial score (nSPS) is 29.9. The van der Waals surface area contributed by atoms with Gasteiger partial charge in [0.15, 0.2) is 0 Å². The van der Waals surface area contributed by atoms with Gasteiger partial charge in [-0.3, -0.25) is 0 Å². The lowest BCUT2D eigenvalue weighted by Crippen LogP contribution is -2.42. The van der Waals surface area contributed by atoms with Crippen LogP contribution in [0.4, 0.5) is 0 Å². The second-order valence-corrected chi connectivity index (χ2v) is 10.2. The van der Waals surface area contributed by atoms with E-state index in [4.69, 9.17) is 4.74 Å². The zero-order valence-corrected chi connectivity index (χ0v) is 18.6. The molecule has 0 radical (unpaired) electrons. The maximum Gasteiger partial charge on any atom is 0.126 e. The first kappa shape index (κ1) is 21.6. The fourth-order valence-corrected chi connectivity index (χ4v) is 5.28. The Balaban J connectivity index is 1.90. The van der Waals surface area contributed by atoms with E-state index in [1.165, 1.54) is 36.8 Å². The molecule has 3 rings (SSSR count). The molecular formula is C25H40O3. The van der Waals surface area contributed by atoms with Crippen LogP contribution in [0.2, 0.25) is 0 Å². The summed E-state index contributed by atoms with van der Waals surface area (Å²) in [6.45, 7) is 11.1. The average Bonchev–Trinajstić information content (AvgIpc) is 2.80. The highest BCUT2D eigenvalue weighted by Crippen LogP contribution is 2.49. The first-order chi connectivity index (χ1) is 13.2. The first-order valence-corrected chi connectivity index (χ1v) is 11.4. The van der Waals surface area contributed by atoms with Crippen molar-refractivity contribution in [3.8, 4) is 0 Å². The monoisotopic (exact) mass is 388 g/mol. The third-order valence-corrected chi connectivity index (χ3v) is 7.14. The fourth-order valence-electron chi connectivity index (χ4n) is 5.28. The summed E-state index contributed by atoms with van der Waals surface area (Å²) >= 11 is 0. The Morgan fingerprint density at radius 3 is 2.57 bits per heavy atom. The van der Waals surface area contributed by atoms with E-state index in [0.29, 0.717) is 0 Å². The molecule has 3 heteroatoms. The molecule has 2 N–H and O–H groups in total. The molecule has 0 saturated heterocycles. The second kappa shape index (κ2) is 8.36. The van der Waals surface area contributed by atoms with Crippen LogP contribution in [0.25, 0.3) is 0 Å². The summed E-state index contributed by atoms with van der Waals surface area (Å²) in [5, 5.41) is 21.3. The topological polar surface area (TPSA) is 49.7 Å². The molecule has 0 aromatic carbocycles. The Bertz CT molecular complexity index is 665. The number of fused-ring (bicyclic) bond motifs is 2. The third kappa shape index (κ3) is 4.41. The minimum Gasteiger partial charge on any atom is -0.487 e. The van der Waals surface area contributed by atoms with Crippen LogP contribution >= 0.6 is 0 Å². The second-order valence-electron chi connectivity index (χ2n) is 10.2. The lowest BCUT2D eigenvalue weighted by atomic mass is 9.71. The zero-order chi connectivity index (χ0) is 20.5. The van der Waals surface area contributed by atoms with Crippen molar-refractivity contribution in [3.63, 3.8) is 0 Å². The van der Waals surface area contributed by atoms with Crippen molar-refractivity contribution in [2.24, 2.45) is 11.3 Å². The van der Waals surface area contributed by atoms with Gasteiger partial charge in [-0.1, -0.05) is 52.0 Å². The third-order valence-electron chi connectivity index (χ3n) is 7.14. The van der Waals surface area contributed by atoms with Crippen LogP contribution in [-0.4, -0.2) is 28.0 Å². The molecule has 1 unspecified atom stereocenters. The summed E-state index contributed by atoms with van der Waals surface area (Å²) < 4.78 is 6.50. The zero-order valence-electron chi connectivity index (χ0n) is 18.6. The van der Waals surface area contributed by atoms with E-state index < -0.39 is 6.10 Å². The van der Waals surface area contributed by atoms with Gasteiger partial charge in [-0.2, -0.15) is 0 Å². The van der Waals surface area contributed by atoms with Crippen LogP contribution in [-0.2, 0) is 4.74 Å². The van der Waals surface area contributed by atoms with Gasteiger partial charge >= 0.3 is 0 Å². The van der Waals surface area contributed by atoms with Crippen LogP contribution < -0.4 is 0 Å². The molecule has 0 aromatic heterocycles. The number of hydrogen-bond acceptors (Lipinski definition) is 3. The molecule has 1 heterocycles. The molecule has 158 valence electrons. The van der Waals surface area contributed by atoms with Crippen molar-refractivity contribution >= 4 is 0 Å². The molecular weight excluding hydrogens is 348 g/mol. The molecule has 0 bridgehead atoms. The highest BCUT2D eigenvalue weighted by molar-refractivity contribution is 5.51. The van der Waals surface area contributed by atoms with Gasteiger partial charge in [0.25, 0.3) is 0 Å². The molecule has 0 amide bonds. The molecule has 3 nitrogen and oxygen atoms in total. The summed E-state index contributed by atoms with van der Waals surface area (Å²) in [4.78, 5) is 0. The Morgan fingerprint density at radius 2 is 1.86 bits per heavy atom. The van der Waals surface area contributed by atoms with Crippen molar-refractivity contribution in [1.29, 1.82) is 0 Å². The standard InChI is InChI=1S/C25H40O3/c1-6-7-8-9-14-24(2,3)17-15-21(27)23-19-12-10-18(26)11-13-20(19)25(4,5)28-22(23)16-17/h15-16,18,20-21,26-27H,6-14H2,1-5H3/t18-,20+,21?/m1/s1. The molecule has 1 saturated carbocycles. The smallest absolute Gasteiger partial charge is 0.126 e. The lowest BCUT2D eigenvalue weighted by Gasteiger charge is -2.45. The van der Waals surface area contributed by atoms with Gasteiger partial charge in [-0.05, 0) is 69.1 Å². The number of aliphatic hydroxyl groups is 2. The van der Waals surface area contributed by atoms with E-state index in [0.717, 1.165) is 43.4 Å². The number of rotatable bonds is 6. The van der Waals surface area contributed by atoms with E-state index in [-0.39, 0.29) is 23.0 Å². The predicted octanol–water partition coefficient (Wildman–Crippen LogP) is 5.82. The van der Waals surface area contributed by atoms with Crippen molar-refractivity contribution in [2.75, 3.05) is 0 Å². The molecule has 0 spiro atoms. The molecule has 3 aliphatic rings. The maximum absolute atomic E-state index is 11.1. The van der Waals surface area contributed by atoms with Gasteiger partial charge < -0.3 is 14.9 Å². The fraction of sp³-hybridized carbons (Fsp3) is 0.760. The Kier molecular flexibility index (Phi) is 6.46. The van der Waals surface area contributed by atoms with Crippen LogP contribution in [0, 0.1) is 11.3 Å². The summed E-state index contributed by atoms with van der Waals surface area (Å²) in [7, 11) is 0. The van der Waals surface area contributed by atoms with E-state index >= 15 is 0 Å². The number of ether oxygens (including phenoxy) is 1. The van der Waals surface area contributed by atoms with Crippen LogP contribution in [0.3, 0.4) is 0 Å². The molecule has 0 aromatic rings. The Hall–Kier alpha value is -1.06. The van der Waals surface area contributed by atoms with Gasteiger partial charge in [0.2, 0.25) is 0 Å². The molecule has 3 atom stereocenters. The molecule has 1 aliphatic heterocycles. The van der Waals surface area contributed by atoms with Crippen molar-refractivity contribution in [2.45, 2.75) is 110 Å². The van der Waals surface area contributed by atoms with Gasteiger partial charge in [-0.15, -0.1) is 0 Å². The Labute approximate surface area is 171 Å². The minimum absolute atomic E-state index is 0.0297. The van der Waals surface area contributed by atoms with E-state index in [1.807, 2.05) is 6.08 Å². The van der Waals surface area contributed by atoms with Crippen molar-refractivity contribution < 1.29 is 14.9 Å². The van der Waals surface area contributed by atoms with Crippen LogP contribution in [0.1, 0.15) is 92.4 Å². The van der Waals surface area contributed by atoms with Crippen LogP contribution in [0.5, 0.6) is 0 Å². The van der Waals surface area contributed by atoms with Gasteiger partial charge in [-0.25, -0.2) is 0 Å². The Morgan fingerprint density at radius 1 is 1.11 bits per heavy atom. The number of hydrogen-bond donors (Lipinski definition) is 2. The van der Waals surface area contributed by atoms with Gasteiger partial charge in [0.1, 0.15) is 17.5 Å². The van der Waals surface area contributed by atoms with E-state index in [1.54, 1.807) is 0 Å². The number of unbranched alkanes of at least 4 members (excludes halogenated alkanes) is 3. The van der Waals surface area contributed by atoms with Gasteiger partial charge in [0, 0.05) is 11.5 Å². The maximum atomic E-state index is 11.1. The number of allylic oxidation sites excluding steroid dienone is 2. The average molecular weight is 389 g/mol. The van der Waals surface area contributed by atoms with Gasteiger partial charge in [0.05, 0.1) is 6.10 Å². The molecule has 1 fully saturated rings. The number of aliphatic hydroxyl groups excluding tert-OH is 2. The van der Waals surface area contributed by atoms with Crippen molar-refractivity contribution in [3.05, 3.63) is 34.6 Å². The summed E-state index contributed by atoms with van der Waals surface area (Å²) in [5.41, 5.74) is 3.20.